The Morgan fingerprint density at radius 3 is 2.65 bits per heavy atom. The fourth-order valence-electron chi connectivity index (χ4n) is 2.73. The van der Waals surface area contributed by atoms with Crippen molar-refractivity contribution in [3.05, 3.63) is 63.0 Å². The molecule has 0 fully saturated rings. The van der Waals surface area contributed by atoms with Gasteiger partial charge < -0.3 is 10.4 Å². The molecule has 26 heavy (non-hydrogen) atoms. The van der Waals surface area contributed by atoms with Gasteiger partial charge in [-0.05, 0) is 19.4 Å². The number of aromatic nitrogens is 2. The third kappa shape index (κ3) is 3.36. The summed E-state index contributed by atoms with van der Waals surface area (Å²) in [7, 11) is 0. The number of thiophene rings is 1. The van der Waals surface area contributed by atoms with E-state index in [9.17, 15) is 19.5 Å². The molecule has 1 amide bonds. The molecule has 0 aliphatic rings. The van der Waals surface area contributed by atoms with Gasteiger partial charge in [0.05, 0.1) is 17.0 Å². The molecule has 2 N–H and O–H groups in total. The van der Waals surface area contributed by atoms with Crippen LogP contribution in [-0.2, 0) is 11.3 Å². The van der Waals surface area contributed by atoms with E-state index in [-0.39, 0.29) is 29.4 Å². The van der Waals surface area contributed by atoms with E-state index in [0.717, 1.165) is 16.9 Å². The quantitative estimate of drug-likeness (QED) is 0.717. The Bertz CT molecular complexity index is 1040. The van der Waals surface area contributed by atoms with Crippen molar-refractivity contribution in [1.82, 2.24) is 14.9 Å². The van der Waals surface area contributed by atoms with Crippen LogP contribution in [0.25, 0.3) is 10.2 Å². The normalized spacial score (nSPS) is 12.1. The molecule has 1 aromatic carbocycles. The molecule has 134 valence electrons. The molecule has 1 unspecified atom stereocenters. The molecule has 0 aliphatic carbocycles. The number of fused-ring (bicyclic) bond motifs is 1. The standard InChI is InChI=1S/C18H17N3O4S/c1-10(12-6-4-3-5-7-12)19-14(22)8-21-11(2)20-16-15(17(21)23)13(9-26-16)18(24)25/h3-7,9-10H,8H2,1-2H3,(H,19,22)(H,24,25). The van der Waals surface area contributed by atoms with Crippen molar-refractivity contribution in [3.8, 4) is 0 Å². The molecule has 3 rings (SSSR count). The van der Waals surface area contributed by atoms with Gasteiger partial charge in [-0.2, -0.15) is 0 Å². The summed E-state index contributed by atoms with van der Waals surface area (Å²) >= 11 is 1.10. The van der Waals surface area contributed by atoms with Gasteiger partial charge in [-0.15, -0.1) is 11.3 Å². The molecular formula is C18H17N3O4S. The number of amides is 1. The van der Waals surface area contributed by atoms with E-state index in [1.807, 2.05) is 37.3 Å². The van der Waals surface area contributed by atoms with Crippen LogP contribution >= 0.6 is 11.3 Å². The summed E-state index contributed by atoms with van der Waals surface area (Å²) in [6.07, 6.45) is 0. The second-order valence-corrected chi connectivity index (χ2v) is 6.74. The molecule has 0 aliphatic heterocycles. The summed E-state index contributed by atoms with van der Waals surface area (Å²) in [5.41, 5.74) is 0.340. The molecule has 2 heterocycles. The van der Waals surface area contributed by atoms with Crippen LogP contribution in [0.5, 0.6) is 0 Å². The van der Waals surface area contributed by atoms with Crippen molar-refractivity contribution in [2.75, 3.05) is 0 Å². The predicted molar refractivity (Wildman–Crippen MR) is 98.6 cm³/mol. The Kier molecular flexibility index (Phi) is 4.85. The number of hydrogen-bond donors (Lipinski definition) is 2. The van der Waals surface area contributed by atoms with Gasteiger partial charge in [0.2, 0.25) is 5.91 Å². The van der Waals surface area contributed by atoms with E-state index in [4.69, 9.17) is 0 Å². The summed E-state index contributed by atoms with van der Waals surface area (Å²) in [6, 6.07) is 9.25. The van der Waals surface area contributed by atoms with Crippen LogP contribution in [0.3, 0.4) is 0 Å². The van der Waals surface area contributed by atoms with Crippen molar-refractivity contribution in [3.63, 3.8) is 0 Å². The number of carboxylic acids is 1. The largest absolute Gasteiger partial charge is 0.478 e. The minimum Gasteiger partial charge on any atom is -0.478 e. The molecule has 0 spiro atoms. The number of carbonyl (C=O) groups is 2. The maximum absolute atomic E-state index is 12.7. The maximum atomic E-state index is 12.7. The lowest BCUT2D eigenvalue weighted by molar-refractivity contribution is -0.122. The van der Waals surface area contributed by atoms with Crippen LogP contribution in [0.2, 0.25) is 0 Å². The van der Waals surface area contributed by atoms with E-state index in [1.165, 1.54) is 9.95 Å². The number of aryl methyl sites for hydroxylation is 1. The molecule has 0 saturated carbocycles. The number of carbonyl (C=O) groups excluding carboxylic acids is 1. The fraction of sp³-hybridized carbons (Fsp3) is 0.222. The highest BCUT2D eigenvalue weighted by Crippen LogP contribution is 2.21. The molecule has 2 aromatic heterocycles. The number of nitrogens with one attached hydrogen (secondary N) is 1. The molecule has 3 aromatic rings. The molecule has 0 radical (unpaired) electrons. The SMILES string of the molecule is Cc1nc2scc(C(=O)O)c2c(=O)n1CC(=O)NC(C)c1ccccc1. The monoisotopic (exact) mass is 371 g/mol. The lowest BCUT2D eigenvalue weighted by Crippen LogP contribution is -2.35. The van der Waals surface area contributed by atoms with E-state index in [2.05, 4.69) is 10.3 Å². The van der Waals surface area contributed by atoms with Gasteiger partial charge in [0.25, 0.3) is 5.56 Å². The molecule has 1 atom stereocenters. The minimum atomic E-state index is -1.19. The molecular weight excluding hydrogens is 354 g/mol. The third-order valence-electron chi connectivity index (χ3n) is 4.09. The first-order valence-corrected chi connectivity index (χ1v) is 8.82. The van der Waals surface area contributed by atoms with Gasteiger partial charge in [-0.25, -0.2) is 9.78 Å². The smallest absolute Gasteiger partial charge is 0.337 e. The van der Waals surface area contributed by atoms with Gasteiger partial charge in [-0.3, -0.25) is 14.2 Å². The second-order valence-electron chi connectivity index (χ2n) is 5.88. The Labute approximate surface area is 152 Å². The summed E-state index contributed by atoms with van der Waals surface area (Å²) < 4.78 is 1.20. The maximum Gasteiger partial charge on any atom is 0.337 e. The van der Waals surface area contributed by atoms with Gasteiger partial charge in [0.15, 0.2) is 0 Å². The lowest BCUT2D eigenvalue weighted by Gasteiger charge is -2.15. The number of hydrogen-bond acceptors (Lipinski definition) is 5. The van der Waals surface area contributed by atoms with E-state index < -0.39 is 11.5 Å². The number of nitrogens with zero attached hydrogens (tertiary/aromatic N) is 2. The summed E-state index contributed by atoms with van der Waals surface area (Å²) in [6.45, 7) is 3.25. The Hall–Kier alpha value is -3.00. The molecule has 8 heteroatoms. The number of benzene rings is 1. The van der Waals surface area contributed by atoms with Crippen LogP contribution < -0.4 is 10.9 Å². The fourth-order valence-corrected chi connectivity index (χ4v) is 3.67. The first kappa shape index (κ1) is 17.8. The van der Waals surface area contributed by atoms with Crippen molar-refractivity contribution >= 4 is 33.4 Å². The number of rotatable bonds is 5. The lowest BCUT2D eigenvalue weighted by atomic mass is 10.1. The Balaban J connectivity index is 1.88. The van der Waals surface area contributed by atoms with Gasteiger partial charge >= 0.3 is 5.97 Å². The Morgan fingerprint density at radius 1 is 1.31 bits per heavy atom. The van der Waals surface area contributed by atoms with Crippen LogP contribution in [0, 0.1) is 6.92 Å². The second kappa shape index (κ2) is 7.09. The van der Waals surface area contributed by atoms with Gasteiger partial charge in [0, 0.05) is 5.38 Å². The van der Waals surface area contributed by atoms with Crippen molar-refractivity contribution in [2.45, 2.75) is 26.4 Å². The van der Waals surface area contributed by atoms with Crippen LogP contribution in [0.4, 0.5) is 0 Å². The zero-order valence-electron chi connectivity index (χ0n) is 14.2. The number of carboxylic acid groups (broad SMARTS) is 1. The zero-order chi connectivity index (χ0) is 18.8. The summed E-state index contributed by atoms with van der Waals surface area (Å²) in [5.74, 6) is -1.17. The highest BCUT2D eigenvalue weighted by atomic mass is 32.1. The van der Waals surface area contributed by atoms with E-state index in [1.54, 1.807) is 6.92 Å². The van der Waals surface area contributed by atoms with Gasteiger partial charge in [0.1, 0.15) is 17.2 Å². The minimum absolute atomic E-state index is 0.0389. The van der Waals surface area contributed by atoms with Gasteiger partial charge in [-0.1, -0.05) is 30.3 Å². The van der Waals surface area contributed by atoms with Crippen molar-refractivity contribution < 1.29 is 14.7 Å². The van der Waals surface area contributed by atoms with E-state index >= 15 is 0 Å². The zero-order valence-corrected chi connectivity index (χ0v) is 15.0. The highest BCUT2D eigenvalue weighted by Gasteiger charge is 2.20. The number of aromatic carboxylic acids is 1. The van der Waals surface area contributed by atoms with Crippen LogP contribution in [-0.4, -0.2) is 26.5 Å². The third-order valence-corrected chi connectivity index (χ3v) is 4.97. The van der Waals surface area contributed by atoms with E-state index in [0.29, 0.717) is 10.7 Å². The first-order valence-electron chi connectivity index (χ1n) is 7.94. The summed E-state index contributed by atoms with van der Waals surface area (Å²) in [4.78, 5) is 41.0. The van der Waals surface area contributed by atoms with Crippen molar-refractivity contribution in [1.29, 1.82) is 0 Å². The first-order chi connectivity index (χ1) is 12.4. The predicted octanol–water partition coefficient (Wildman–Crippen LogP) is 2.34. The summed E-state index contributed by atoms with van der Waals surface area (Å²) in [5, 5.41) is 13.5. The Morgan fingerprint density at radius 2 is 2.00 bits per heavy atom. The average molecular weight is 371 g/mol. The van der Waals surface area contributed by atoms with Crippen LogP contribution in [0.1, 0.15) is 34.7 Å². The topological polar surface area (TPSA) is 101 Å². The molecule has 0 saturated heterocycles. The van der Waals surface area contributed by atoms with Crippen LogP contribution in [0.15, 0.2) is 40.5 Å². The molecule has 7 nitrogen and oxygen atoms in total. The molecule has 0 bridgehead atoms. The van der Waals surface area contributed by atoms with Crippen molar-refractivity contribution in [2.24, 2.45) is 0 Å². The highest BCUT2D eigenvalue weighted by molar-refractivity contribution is 7.17. The average Bonchev–Trinajstić information content (AvgIpc) is 3.03.